The predicted octanol–water partition coefficient (Wildman–Crippen LogP) is 0.531. The number of hydrogen-bond acceptors (Lipinski definition) is 7. The lowest BCUT2D eigenvalue weighted by Crippen LogP contribution is -2.51. The van der Waals surface area contributed by atoms with E-state index in [1.807, 2.05) is 31.7 Å². The number of anilines is 1. The van der Waals surface area contributed by atoms with Crippen molar-refractivity contribution in [1.82, 2.24) is 14.8 Å². The van der Waals surface area contributed by atoms with Gasteiger partial charge in [0.05, 0.1) is 0 Å². The Kier molecular flexibility index (Phi) is 7.03. The Morgan fingerprint density at radius 2 is 1.79 bits per heavy atom. The maximum Gasteiger partial charge on any atom is 0.490 e. The third-order valence-corrected chi connectivity index (χ3v) is 5.55. The van der Waals surface area contributed by atoms with E-state index in [1.54, 1.807) is 6.07 Å². The van der Waals surface area contributed by atoms with Gasteiger partial charge in [0.15, 0.2) is 0 Å². The van der Waals surface area contributed by atoms with Crippen LogP contribution in [-0.2, 0) is 4.74 Å². The number of rotatable bonds is 4. The Morgan fingerprint density at radius 1 is 1.14 bits per heavy atom. The number of hydrogen-bond donors (Lipinski definition) is 2. The van der Waals surface area contributed by atoms with Crippen molar-refractivity contribution in [3.05, 3.63) is 18.3 Å². The molecule has 0 bridgehead atoms. The van der Waals surface area contributed by atoms with Gasteiger partial charge in [-0.15, -0.1) is 0 Å². The van der Waals surface area contributed by atoms with Gasteiger partial charge in [-0.05, 0) is 45.6 Å². The van der Waals surface area contributed by atoms with Crippen molar-refractivity contribution in [2.75, 3.05) is 50.7 Å². The summed E-state index contributed by atoms with van der Waals surface area (Å²) in [4.78, 5) is 23.1. The molecule has 2 fully saturated rings. The van der Waals surface area contributed by atoms with Crippen molar-refractivity contribution in [2.24, 2.45) is 5.92 Å². The van der Waals surface area contributed by atoms with Gasteiger partial charge in [-0.25, -0.2) is 9.78 Å². The van der Waals surface area contributed by atoms with Gasteiger partial charge in [-0.1, -0.05) is 6.07 Å². The number of ether oxygens (including phenoxy) is 1. The second-order valence-electron chi connectivity index (χ2n) is 9.02. The number of amides is 1. The molecule has 2 aliphatic rings. The fourth-order valence-electron chi connectivity index (χ4n) is 3.89. The average Bonchev–Trinajstić information content (AvgIpc) is 2.68. The summed E-state index contributed by atoms with van der Waals surface area (Å²) in [5, 5.41) is 18.4. The molecule has 0 unspecified atom stereocenters. The van der Waals surface area contributed by atoms with Crippen molar-refractivity contribution in [2.45, 2.75) is 39.2 Å². The van der Waals surface area contributed by atoms with Crippen LogP contribution in [0.4, 0.5) is 10.6 Å². The van der Waals surface area contributed by atoms with E-state index in [0.717, 1.165) is 64.5 Å². The first-order valence-corrected chi connectivity index (χ1v) is 10.5. The standard InChI is InChI=1S/C20H33BN4O4/c1-20(2,3)29-19(26)25-12-10-23(11-13-25)15-16-6-8-24(9-7-16)18-5-4-17(14-22-18)21(27)28/h4-5,14,16,27-28H,6-13,15H2,1-3H3. The zero-order valence-electron chi connectivity index (χ0n) is 17.8. The van der Waals surface area contributed by atoms with Crippen LogP contribution >= 0.6 is 0 Å². The summed E-state index contributed by atoms with van der Waals surface area (Å²) in [6, 6.07) is 3.56. The van der Waals surface area contributed by atoms with Crippen molar-refractivity contribution in [3.63, 3.8) is 0 Å². The Hall–Kier alpha value is -1.84. The molecular weight excluding hydrogens is 371 g/mol. The molecule has 0 aliphatic carbocycles. The second kappa shape index (κ2) is 9.32. The zero-order valence-corrected chi connectivity index (χ0v) is 17.8. The van der Waals surface area contributed by atoms with Crippen LogP contribution in [0.25, 0.3) is 0 Å². The lowest BCUT2D eigenvalue weighted by Gasteiger charge is -2.39. The molecule has 0 aromatic carbocycles. The first kappa shape index (κ1) is 21.9. The van der Waals surface area contributed by atoms with Crippen LogP contribution in [-0.4, -0.2) is 89.5 Å². The van der Waals surface area contributed by atoms with Gasteiger partial charge in [0.2, 0.25) is 0 Å². The molecule has 0 radical (unpaired) electrons. The Bertz CT molecular complexity index is 664. The number of carbonyl (C=O) groups excluding carboxylic acids is 1. The third-order valence-electron chi connectivity index (χ3n) is 5.55. The van der Waals surface area contributed by atoms with Crippen LogP contribution in [0.1, 0.15) is 33.6 Å². The second-order valence-corrected chi connectivity index (χ2v) is 9.02. The predicted molar refractivity (Wildman–Crippen MR) is 113 cm³/mol. The molecule has 1 aromatic rings. The summed E-state index contributed by atoms with van der Waals surface area (Å²) in [5.74, 6) is 1.54. The highest BCUT2D eigenvalue weighted by atomic mass is 16.6. The van der Waals surface area contributed by atoms with Gasteiger partial charge >= 0.3 is 13.2 Å². The van der Waals surface area contributed by atoms with Gasteiger partial charge in [-0.2, -0.15) is 0 Å². The molecule has 2 N–H and O–H groups in total. The highest BCUT2D eigenvalue weighted by Crippen LogP contribution is 2.23. The van der Waals surface area contributed by atoms with E-state index in [1.165, 1.54) is 6.20 Å². The number of carbonyl (C=O) groups is 1. The van der Waals surface area contributed by atoms with E-state index in [4.69, 9.17) is 4.74 Å². The van der Waals surface area contributed by atoms with Crippen molar-refractivity contribution >= 4 is 24.5 Å². The summed E-state index contributed by atoms with van der Waals surface area (Å²) in [6.45, 7) is 11.9. The van der Waals surface area contributed by atoms with Crippen molar-refractivity contribution in [3.8, 4) is 0 Å². The minimum Gasteiger partial charge on any atom is -0.444 e. The summed E-state index contributed by atoms with van der Waals surface area (Å²) in [5.41, 5.74) is -0.0379. The van der Waals surface area contributed by atoms with E-state index < -0.39 is 12.7 Å². The zero-order chi connectivity index (χ0) is 21.0. The molecule has 8 nitrogen and oxygen atoms in total. The fourth-order valence-corrected chi connectivity index (χ4v) is 3.89. The maximum absolute atomic E-state index is 12.2. The highest BCUT2D eigenvalue weighted by Gasteiger charge is 2.28. The summed E-state index contributed by atoms with van der Waals surface area (Å²) in [6.07, 6.45) is 3.53. The number of piperazine rings is 1. The fraction of sp³-hybridized carbons (Fsp3) is 0.700. The molecule has 2 aliphatic heterocycles. The number of pyridine rings is 1. The van der Waals surface area contributed by atoms with Gasteiger partial charge < -0.3 is 24.6 Å². The quantitative estimate of drug-likeness (QED) is 0.708. The maximum atomic E-state index is 12.2. The minimum atomic E-state index is -1.47. The monoisotopic (exact) mass is 404 g/mol. The molecule has 9 heteroatoms. The molecule has 3 heterocycles. The Labute approximate surface area is 173 Å². The topological polar surface area (TPSA) is 89.4 Å². The molecule has 160 valence electrons. The summed E-state index contributed by atoms with van der Waals surface area (Å²) in [7, 11) is -1.47. The van der Waals surface area contributed by atoms with Crippen LogP contribution in [0.15, 0.2) is 18.3 Å². The third kappa shape index (κ3) is 6.32. The van der Waals surface area contributed by atoms with E-state index in [9.17, 15) is 14.8 Å². The van der Waals surface area contributed by atoms with Crippen LogP contribution in [0, 0.1) is 5.92 Å². The van der Waals surface area contributed by atoms with E-state index in [0.29, 0.717) is 11.4 Å². The lowest BCUT2D eigenvalue weighted by molar-refractivity contribution is 0.0130. The van der Waals surface area contributed by atoms with Crippen LogP contribution < -0.4 is 10.4 Å². The number of piperidine rings is 1. The molecule has 3 rings (SSSR count). The van der Waals surface area contributed by atoms with E-state index >= 15 is 0 Å². The lowest BCUT2D eigenvalue weighted by atomic mass is 9.82. The molecule has 0 saturated carbocycles. The number of aromatic nitrogens is 1. The van der Waals surface area contributed by atoms with Gasteiger partial charge in [0, 0.05) is 57.5 Å². The van der Waals surface area contributed by atoms with Crippen LogP contribution in [0.5, 0.6) is 0 Å². The Morgan fingerprint density at radius 3 is 2.31 bits per heavy atom. The number of nitrogens with zero attached hydrogens (tertiary/aromatic N) is 4. The summed E-state index contributed by atoms with van der Waals surface area (Å²) < 4.78 is 5.47. The van der Waals surface area contributed by atoms with Crippen molar-refractivity contribution in [1.29, 1.82) is 0 Å². The summed E-state index contributed by atoms with van der Waals surface area (Å²) >= 11 is 0. The molecular formula is C20H33BN4O4. The van der Waals surface area contributed by atoms with Crippen LogP contribution in [0.3, 0.4) is 0 Å². The molecule has 1 amide bonds. The first-order chi connectivity index (χ1) is 13.7. The van der Waals surface area contributed by atoms with E-state index in [2.05, 4.69) is 14.8 Å². The molecule has 0 atom stereocenters. The first-order valence-electron chi connectivity index (χ1n) is 10.5. The smallest absolute Gasteiger partial charge is 0.444 e. The molecule has 2 saturated heterocycles. The SMILES string of the molecule is CC(C)(C)OC(=O)N1CCN(CC2CCN(c3ccc(B(O)O)cn3)CC2)CC1. The van der Waals surface area contributed by atoms with Gasteiger partial charge in [-0.3, -0.25) is 4.90 Å². The highest BCUT2D eigenvalue weighted by molar-refractivity contribution is 6.58. The van der Waals surface area contributed by atoms with Crippen LogP contribution in [0.2, 0.25) is 0 Å². The van der Waals surface area contributed by atoms with E-state index in [-0.39, 0.29) is 6.09 Å². The molecule has 0 spiro atoms. The largest absolute Gasteiger partial charge is 0.490 e. The van der Waals surface area contributed by atoms with Gasteiger partial charge in [0.25, 0.3) is 0 Å². The minimum absolute atomic E-state index is 0.210. The van der Waals surface area contributed by atoms with Gasteiger partial charge in [0.1, 0.15) is 11.4 Å². The van der Waals surface area contributed by atoms with Crippen molar-refractivity contribution < 1.29 is 19.6 Å². The molecule has 29 heavy (non-hydrogen) atoms. The average molecular weight is 404 g/mol. The Balaban J connectivity index is 1.40. The molecule has 1 aromatic heterocycles. The normalized spacial score (nSPS) is 19.3.